The summed E-state index contributed by atoms with van der Waals surface area (Å²) >= 11 is 6.49. The number of halogens is 1. The third-order valence-corrected chi connectivity index (χ3v) is 15.6. The molecule has 3 aliphatic heterocycles. The highest BCUT2D eigenvalue weighted by atomic mass is 35.5. The zero-order valence-electron chi connectivity index (χ0n) is 31.2. The van der Waals surface area contributed by atoms with Crippen molar-refractivity contribution in [3.63, 3.8) is 0 Å². The highest BCUT2D eigenvalue weighted by Gasteiger charge is 2.49. The average Bonchev–Trinajstić information content (AvgIpc) is 3.25. The van der Waals surface area contributed by atoms with Gasteiger partial charge < -0.3 is 14.7 Å². The molecular weight excluding hydrogens is 708 g/mol. The van der Waals surface area contributed by atoms with Gasteiger partial charge in [-0.25, -0.2) is 13.1 Å². The number of carbonyl (C=O) groups excluding carboxylic acids is 1. The fourth-order valence-electron chi connectivity index (χ4n) is 10.1. The molecule has 1 spiro atoms. The number of amides is 1. The zero-order valence-corrected chi connectivity index (χ0v) is 32.8. The van der Waals surface area contributed by atoms with Crippen molar-refractivity contribution in [3.05, 3.63) is 87.2 Å². The van der Waals surface area contributed by atoms with Gasteiger partial charge in [0, 0.05) is 60.6 Å². The van der Waals surface area contributed by atoms with E-state index in [-0.39, 0.29) is 28.7 Å². The van der Waals surface area contributed by atoms with Gasteiger partial charge in [0.05, 0.1) is 23.1 Å². The quantitative estimate of drug-likeness (QED) is 0.301. The monoisotopic (exact) mass is 760 g/mol. The van der Waals surface area contributed by atoms with Crippen molar-refractivity contribution in [2.45, 2.75) is 101 Å². The summed E-state index contributed by atoms with van der Waals surface area (Å²) in [5.74, 6) is 0.183. The van der Waals surface area contributed by atoms with E-state index in [0.29, 0.717) is 51.3 Å². The first-order valence-corrected chi connectivity index (χ1v) is 21.5. The number of fused-ring (bicyclic) bond motifs is 5. The molecule has 0 unspecified atom stereocenters. The van der Waals surface area contributed by atoms with E-state index in [2.05, 4.69) is 37.7 Å². The number of aliphatic hydroxyl groups is 1. The third kappa shape index (κ3) is 7.09. The molecule has 0 saturated heterocycles. The lowest BCUT2D eigenvalue weighted by molar-refractivity contribution is -0.107. The Kier molecular flexibility index (Phi) is 9.82. The Morgan fingerprint density at radius 1 is 1.02 bits per heavy atom. The van der Waals surface area contributed by atoms with Crippen molar-refractivity contribution in [3.8, 4) is 5.75 Å². The van der Waals surface area contributed by atoms with Gasteiger partial charge in [-0.1, -0.05) is 31.0 Å². The van der Waals surface area contributed by atoms with Crippen LogP contribution >= 0.6 is 11.6 Å². The number of nitrogens with one attached hydrogen (secondary N) is 1. The van der Waals surface area contributed by atoms with Crippen molar-refractivity contribution >= 4 is 33.2 Å². The van der Waals surface area contributed by atoms with E-state index in [1.165, 1.54) is 22.3 Å². The first kappa shape index (κ1) is 36.8. The van der Waals surface area contributed by atoms with Crippen molar-refractivity contribution in [2.24, 2.45) is 17.8 Å². The van der Waals surface area contributed by atoms with Crippen molar-refractivity contribution in [2.75, 3.05) is 37.7 Å². The number of ether oxygens (including phenoxy) is 1. The number of sulfonamides is 1. The Labute approximate surface area is 319 Å². The van der Waals surface area contributed by atoms with Crippen molar-refractivity contribution < 1.29 is 23.1 Å². The number of rotatable bonds is 2. The predicted octanol–water partition coefficient (Wildman–Crippen LogP) is 6.60. The van der Waals surface area contributed by atoms with Gasteiger partial charge in [-0.05, 0) is 142 Å². The van der Waals surface area contributed by atoms with Gasteiger partial charge >= 0.3 is 0 Å². The Bertz CT molecular complexity index is 2010. The SMILES string of the molecule is Cc1cc2c(cn1)CCN(C[C@]1(O)CCC[C@H](C)[C@@H](C)S(=O)(=O)NC(=O)c3ccc4c(c3)N(C[C@@H]3CC[C@H]31)C[C@@]1(CCCc3cc(Cl)ccc31)CO4)C2. The van der Waals surface area contributed by atoms with Gasteiger partial charge in [-0.15, -0.1) is 0 Å². The summed E-state index contributed by atoms with van der Waals surface area (Å²) in [5, 5.41) is 12.9. The van der Waals surface area contributed by atoms with Gasteiger partial charge in [-0.2, -0.15) is 0 Å². The highest BCUT2D eigenvalue weighted by molar-refractivity contribution is 7.90. The van der Waals surface area contributed by atoms with E-state index < -0.39 is 26.8 Å². The number of hydrogen-bond acceptors (Lipinski definition) is 8. The Morgan fingerprint density at radius 3 is 2.68 bits per heavy atom. The second-order valence-electron chi connectivity index (χ2n) is 16.9. The molecule has 6 atom stereocenters. The maximum absolute atomic E-state index is 13.6. The normalized spacial score (nSPS) is 31.6. The smallest absolute Gasteiger partial charge is 0.264 e. The number of benzene rings is 2. The minimum absolute atomic E-state index is 0.0833. The topological polar surface area (TPSA) is 112 Å². The van der Waals surface area contributed by atoms with Gasteiger partial charge in [-0.3, -0.25) is 14.7 Å². The lowest BCUT2D eigenvalue weighted by Crippen LogP contribution is -2.57. The van der Waals surface area contributed by atoms with Crippen LogP contribution in [0.1, 0.15) is 97.1 Å². The van der Waals surface area contributed by atoms with E-state index in [4.69, 9.17) is 16.3 Å². The number of anilines is 1. The molecule has 8 rings (SSSR count). The maximum atomic E-state index is 13.6. The molecule has 1 aromatic heterocycles. The summed E-state index contributed by atoms with van der Waals surface area (Å²) in [7, 11) is -3.96. The Hall–Kier alpha value is -3.18. The van der Waals surface area contributed by atoms with Crippen LogP contribution in [0.2, 0.25) is 5.02 Å². The van der Waals surface area contributed by atoms with E-state index in [0.717, 1.165) is 68.0 Å². The molecule has 284 valence electrons. The number of β-amino-alcohol motifs (C(OH)–C–C–N with tert-alkyl or cyclic N) is 1. The molecule has 2 bridgehead atoms. The van der Waals surface area contributed by atoms with Gasteiger partial charge in [0.25, 0.3) is 5.91 Å². The third-order valence-electron chi connectivity index (χ3n) is 13.5. The number of aryl methyl sites for hydroxylation is 2. The first-order valence-electron chi connectivity index (χ1n) is 19.6. The standard InChI is InChI=1S/C42H53ClN4O5S/c1-27-6-4-16-42(49,25-46-17-14-32-21-44-28(2)18-34(32)22-46)37-11-8-33(37)23-47-24-41(15-5-7-30-19-35(43)10-12-36(30)41)26-52-39-13-9-31(20-38(39)47)40(48)45-53(50,51)29(27)3/h9-10,12-13,18-21,27,29,33,37,49H,4-8,11,14-17,22-26H2,1-3H3,(H,45,48)/t27-,29+,33-,37+,41-,42+/m0/s1. The zero-order chi connectivity index (χ0) is 37.1. The van der Waals surface area contributed by atoms with Crippen molar-refractivity contribution in [1.29, 1.82) is 0 Å². The number of pyridine rings is 1. The van der Waals surface area contributed by atoms with Crippen LogP contribution in [0.3, 0.4) is 0 Å². The first-order chi connectivity index (χ1) is 25.3. The summed E-state index contributed by atoms with van der Waals surface area (Å²) < 4.78 is 36.3. The molecule has 2 aliphatic carbocycles. The molecule has 1 saturated carbocycles. The fraction of sp³-hybridized carbons (Fsp3) is 0.571. The second-order valence-corrected chi connectivity index (χ2v) is 19.4. The Balaban J connectivity index is 1.17. The van der Waals surface area contributed by atoms with Crippen LogP contribution in [0.5, 0.6) is 5.75 Å². The molecule has 11 heteroatoms. The molecule has 1 amide bonds. The molecular formula is C42H53ClN4O5S. The van der Waals surface area contributed by atoms with Crippen LogP contribution in [0.25, 0.3) is 0 Å². The predicted molar refractivity (Wildman–Crippen MR) is 208 cm³/mol. The van der Waals surface area contributed by atoms with Crippen molar-refractivity contribution in [1.82, 2.24) is 14.6 Å². The lowest BCUT2D eigenvalue weighted by atomic mass is 9.62. The van der Waals surface area contributed by atoms with Crippen LogP contribution in [0.15, 0.2) is 48.7 Å². The number of aromatic nitrogens is 1. The summed E-state index contributed by atoms with van der Waals surface area (Å²) in [6.07, 6.45) is 9.74. The summed E-state index contributed by atoms with van der Waals surface area (Å²) in [4.78, 5) is 23.0. The summed E-state index contributed by atoms with van der Waals surface area (Å²) in [6, 6.07) is 13.7. The van der Waals surface area contributed by atoms with E-state index in [1.807, 2.05) is 38.2 Å². The summed E-state index contributed by atoms with van der Waals surface area (Å²) in [6.45, 7) is 9.76. The molecule has 4 heterocycles. The number of carbonyl (C=O) groups is 1. The second kappa shape index (κ2) is 14.2. The van der Waals surface area contributed by atoms with E-state index in [9.17, 15) is 18.3 Å². The van der Waals surface area contributed by atoms with Gasteiger partial charge in [0.1, 0.15) is 5.75 Å². The minimum Gasteiger partial charge on any atom is -0.490 e. The van der Waals surface area contributed by atoms with E-state index >= 15 is 0 Å². The lowest BCUT2D eigenvalue weighted by Gasteiger charge is -2.51. The molecule has 2 aromatic carbocycles. The van der Waals surface area contributed by atoms with Crippen LogP contribution in [-0.2, 0) is 34.8 Å². The van der Waals surface area contributed by atoms with Crippen LogP contribution in [0, 0.1) is 24.7 Å². The Morgan fingerprint density at radius 2 is 1.87 bits per heavy atom. The molecule has 5 aliphatic rings. The molecule has 1 fully saturated rings. The van der Waals surface area contributed by atoms with Crippen LogP contribution < -0.4 is 14.4 Å². The molecule has 0 radical (unpaired) electrons. The van der Waals surface area contributed by atoms with Crippen LogP contribution in [-0.4, -0.2) is 73.0 Å². The molecule has 2 N–H and O–H groups in total. The summed E-state index contributed by atoms with van der Waals surface area (Å²) in [5.41, 5.74) is 5.96. The van der Waals surface area contributed by atoms with E-state index in [1.54, 1.807) is 13.0 Å². The molecule has 9 nitrogen and oxygen atoms in total. The average molecular weight is 761 g/mol. The number of nitrogens with zero attached hydrogens (tertiary/aromatic N) is 3. The molecule has 53 heavy (non-hydrogen) atoms. The largest absolute Gasteiger partial charge is 0.490 e. The van der Waals surface area contributed by atoms with Gasteiger partial charge in [0.2, 0.25) is 10.0 Å². The fourth-order valence-corrected chi connectivity index (χ4v) is 11.6. The van der Waals surface area contributed by atoms with Crippen LogP contribution in [0.4, 0.5) is 5.69 Å². The minimum atomic E-state index is -3.96. The number of hydrogen-bond donors (Lipinski definition) is 2. The highest BCUT2D eigenvalue weighted by Crippen LogP contribution is 2.49. The maximum Gasteiger partial charge on any atom is 0.264 e. The van der Waals surface area contributed by atoms with Gasteiger partial charge in [0.15, 0.2) is 0 Å². The molecule has 3 aromatic rings.